The molecule has 0 heterocycles. The van der Waals surface area contributed by atoms with Crippen LogP contribution in [0.4, 0.5) is 14.5 Å². The molecule has 12 heavy (non-hydrogen) atoms. The van der Waals surface area contributed by atoms with Crippen molar-refractivity contribution >= 4 is 28.3 Å². The number of halogens is 3. The normalized spacial score (nSPS) is 10.3. The van der Waals surface area contributed by atoms with Crippen LogP contribution in [0.2, 0.25) is 0 Å². The fraction of sp³-hybridized carbons (Fsp3) is 0.250. The van der Waals surface area contributed by atoms with Gasteiger partial charge in [-0.25, -0.2) is 8.78 Å². The molecule has 1 aromatic carbocycles. The van der Waals surface area contributed by atoms with Gasteiger partial charge in [0.2, 0.25) is 0 Å². The average Bonchev–Trinajstić information content (AvgIpc) is 2.01. The van der Waals surface area contributed by atoms with Gasteiger partial charge in [0, 0.05) is 9.26 Å². The predicted octanol–water partition coefficient (Wildman–Crippen LogP) is 2.97. The fourth-order valence-corrected chi connectivity index (χ4v) is 1.34. The van der Waals surface area contributed by atoms with Gasteiger partial charge in [-0.15, -0.1) is 0 Å². The highest BCUT2D eigenvalue weighted by Crippen LogP contribution is 2.12. The van der Waals surface area contributed by atoms with Gasteiger partial charge < -0.3 is 5.32 Å². The Balaban J connectivity index is 2.52. The fourth-order valence-electron chi connectivity index (χ4n) is 0.793. The number of hydrogen-bond acceptors (Lipinski definition) is 1. The van der Waals surface area contributed by atoms with Crippen LogP contribution < -0.4 is 5.32 Å². The summed E-state index contributed by atoms with van der Waals surface area (Å²) < 4.78 is 24.5. The van der Waals surface area contributed by atoms with Gasteiger partial charge in [-0.2, -0.15) is 0 Å². The van der Waals surface area contributed by atoms with E-state index in [-0.39, 0.29) is 6.54 Å². The molecule has 1 nitrogen and oxygen atoms in total. The molecule has 1 N–H and O–H groups in total. The maximum atomic E-state index is 11.8. The first-order valence-corrected chi connectivity index (χ1v) is 4.54. The van der Waals surface area contributed by atoms with Gasteiger partial charge in [0.05, 0.1) is 6.54 Å². The first kappa shape index (κ1) is 9.70. The lowest BCUT2D eigenvalue weighted by Gasteiger charge is -2.04. The standard InChI is InChI=1S/C8H8F2IN/c9-8(10)5-12-7-3-1-2-6(11)4-7/h1-4,8,12H,5H2. The van der Waals surface area contributed by atoms with E-state index in [9.17, 15) is 8.78 Å². The topological polar surface area (TPSA) is 12.0 Å². The third-order valence-corrected chi connectivity index (χ3v) is 1.96. The molecule has 0 fully saturated rings. The van der Waals surface area contributed by atoms with E-state index in [4.69, 9.17) is 0 Å². The van der Waals surface area contributed by atoms with Crippen LogP contribution in [0.3, 0.4) is 0 Å². The summed E-state index contributed by atoms with van der Waals surface area (Å²) in [6.45, 7) is -0.292. The van der Waals surface area contributed by atoms with E-state index in [1.807, 2.05) is 18.2 Å². The SMILES string of the molecule is FC(F)CNc1cccc(I)c1. The molecular weight excluding hydrogens is 275 g/mol. The smallest absolute Gasteiger partial charge is 0.255 e. The molecule has 0 amide bonds. The van der Waals surface area contributed by atoms with Gasteiger partial charge in [0.15, 0.2) is 0 Å². The molecular formula is C8H8F2IN. The molecule has 4 heteroatoms. The highest BCUT2D eigenvalue weighted by atomic mass is 127. The number of benzene rings is 1. The molecule has 0 aliphatic heterocycles. The second-order valence-corrected chi connectivity index (χ2v) is 3.53. The highest BCUT2D eigenvalue weighted by Gasteiger charge is 2.00. The lowest BCUT2D eigenvalue weighted by atomic mass is 10.3. The van der Waals surface area contributed by atoms with Gasteiger partial charge in [0.25, 0.3) is 6.43 Å². The number of hydrogen-bond donors (Lipinski definition) is 1. The Morgan fingerprint density at radius 2 is 2.17 bits per heavy atom. The van der Waals surface area contributed by atoms with Crippen molar-refractivity contribution in [3.8, 4) is 0 Å². The van der Waals surface area contributed by atoms with Crippen LogP contribution in [0.25, 0.3) is 0 Å². The van der Waals surface area contributed by atoms with Crippen LogP contribution in [-0.2, 0) is 0 Å². The Morgan fingerprint density at radius 1 is 1.42 bits per heavy atom. The van der Waals surface area contributed by atoms with Crippen molar-refractivity contribution in [1.82, 2.24) is 0 Å². The van der Waals surface area contributed by atoms with E-state index in [0.29, 0.717) is 0 Å². The van der Waals surface area contributed by atoms with Gasteiger partial charge >= 0.3 is 0 Å². The summed E-state index contributed by atoms with van der Waals surface area (Å²) in [6.07, 6.45) is -2.30. The van der Waals surface area contributed by atoms with E-state index in [1.54, 1.807) is 6.07 Å². The number of anilines is 1. The first-order valence-electron chi connectivity index (χ1n) is 3.46. The molecule has 0 radical (unpaired) electrons. The Kier molecular flexibility index (Phi) is 3.71. The van der Waals surface area contributed by atoms with Crippen molar-refractivity contribution in [2.75, 3.05) is 11.9 Å². The summed E-state index contributed by atoms with van der Waals surface area (Å²) in [7, 11) is 0. The zero-order valence-corrected chi connectivity index (χ0v) is 8.39. The van der Waals surface area contributed by atoms with Crippen molar-refractivity contribution in [3.63, 3.8) is 0 Å². The molecule has 0 saturated carbocycles. The van der Waals surface area contributed by atoms with Gasteiger partial charge in [0.1, 0.15) is 0 Å². The van der Waals surface area contributed by atoms with E-state index in [1.165, 1.54) is 0 Å². The molecule has 1 rings (SSSR count). The monoisotopic (exact) mass is 283 g/mol. The second kappa shape index (κ2) is 4.59. The molecule has 0 saturated heterocycles. The summed E-state index contributed by atoms with van der Waals surface area (Å²) in [5, 5.41) is 2.63. The van der Waals surface area contributed by atoms with E-state index >= 15 is 0 Å². The summed E-state index contributed by atoms with van der Waals surface area (Å²) in [5.41, 5.74) is 0.738. The van der Waals surface area contributed by atoms with Crippen molar-refractivity contribution in [3.05, 3.63) is 27.8 Å². The third kappa shape index (κ3) is 3.34. The Hall–Kier alpha value is -0.390. The van der Waals surface area contributed by atoms with Crippen molar-refractivity contribution < 1.29 is 8.78 Å². The van der Waals surface area contributed by atoms with Gasteiger partial charge in [-0.05, 0) is 40.8 Å². The first-order chi connectivity index (χ1) is 5.68. The van der Waals surface area contributed by atoms with Crippen LogP contribution in [-0.4, -0.2) is 13.0 Å². The molecule has 1 aromatic rings. The molecule has 0 unspecified atom stereocenters. The molecule has 0 atom stereocenters. The molecule has 0 aliphatic rings. The molecule has 0 aliphatic carbocycles. The number of rotatable bonds is 3. The van der Waals surface area contributed by atoms with Crippen molar-refractivity contribution in [1.29, 1.82) is 0 Å². The molecule has 0 bridgehead atoms. The molecule has 0 aromatic heterocycles. The summed E-state index contributed by atoms with van der Waals surface area (Å²) >= 11 is 2.13. The van der Waals surface area contributed by atoms with Crippen LogP contribution in [0.15, 0.2) is 24.3 Å². The summed E-state index contributed by atoms with van der Waals surface area (Å²) in [6, 6.07) is 7.33. The largest absolute Gasteiger partial charge is 0.379 e. The van der Waals surface area contributed by atoms with Crippen LogP contribution in [0.1, 0.15) is 0 Å². The second-order valence-electron chi connectivity index (χ2n) is 2.28. The Bertz CT molecular complexity index is 253. The number of nitrogens with one attached hydrogen (secondary N) is 1. The van der Waals surface area contributed by atoms with Crippen molar-refractivity contribution in [2.24, 2.45) is 0 Å². The summed E-state index contributed by atoms with van der Waals surface area (Å²) in [4.78, 5) is 0. The average molecular weight is 283 g/mol. The minimum absolute atomic E-state index is 0.292. The molecule has 0 spiro atoms. The van der Waals surface area contributed by atoms with Crippen molar-refractivity contribution in [2.45, 2.75) is 6.43 Å². The maximum absolute atomic E-state index is 11.8. The van der Waals surface area contributed by atoms with Gasteiger partial charge in [-0.3, -0.25) is 0 Å². The zero-order chi connectivity index (χ0) is 8.97. The van der Waals surface area contributed by atoms with E-state index in [2.05, 4.69) is 27.9 Å². The number of alkyl halides is 2. The minimum Gasteiger partial charge on any atom is -0.379 e. The highest BCUT2D eigenvalue weighted by molar-refractivity contribution is 14.1. The lowest BCUT2D eigenvalue weighted by molar-refractivity contribution is 0.163. The lowest BCUT2D eigenvalue weighted by Crippen LogP contribution is -2.09. The van der Waals surface area contributed by atoms with E-state index in [0.717, 1.165) is 9.26 Å². The Morgan fingerprint density at radius 3 is 2.75 bits per heavy atom. The molecule has 66 valence electrons. The van der Waals surface area contributed by atoms with E-state index < -0.39 is 6.43 Å². The third-order valence-electron chi connectivity index (χ3n) is 1.29. The minimum atomic E-state index is -2.30. The Labute approximate surface area is 83.3 Å². The summed E-state index contributed by atoms with van der Waals surface area (Å²) in [5.74, 6) is 0. The van der Waals surface area contributed by atoms with Crippen LogP contribution in [0.5, 0.6) is 0 Å². The zero-order valence-electron chi connectivity index (χ0n) is 6.23. The van der Waals surface area contributed by atoms with Gasteiger partial charge in [-0.1, -0.05) is 6.07 Å². The quantitative estimate of drug-likeness (QED) is 0.841. The predicted molar refractivity (Wildman–Crippen MR) is 53.7 cm³/mol. The van der Waals surface area contributed by atoms with Crippen LogP contribution >= 0.6 is 22.6 Å². The van der Waals surface area contributed by atoms with Crippen LogP contribution in [0, 0.1) is 3.57 Å². The maximum Gasteiger partial charge on any atom is 0.255 e.